The number of carbonyl (C=O) groups is 1. The fraction of sp³-hybridized carbons (Fsp3) is 0.120. The van der Waals surface area contributed by atoms with Gasteiger partial charge in [-0.2, -0.15) is 5.10 Å². The van der Waals surface area contributed by atoms with E-state index in [1.807, 2.05) is 66.7 Å². The van der Waals surface area contributed by atoms with E-state index < -0.39 is 0 Å². The molecule has 0 aliphatic rings. The number of hydrogen-bond acceptors (Lipinski definition) is 2. The van der Waals surface area contributed by atoms with Gasteiger partial charge in [-0.05, 0) is 28.7 Å². The van der Waals surface area contributed by atoms with Crippen molar-refractivity contribution in [1.82, 2.24) is 10.4 Å². The van der Waals surface area contributed by atoms with Crippen LogP contribution in [-0.2, 0) is 0 Å². The van der Waals surface area contributed by atoms with Crippen molar-refractivity contribution in [2.45, 2.75) is 19.8 Å². The molecule has 0 aliphatic carbocycles. The van der Waals surface area contributed by atoms with Crippen molar-refractivity contribution in [3.05, 3.63) is 95.7 Å². The third kappa shape index (κ3) is 3.97. The Bertz CT molecular complexity index is 1160. The summed E-state index contributed by atoms with van der Waals surface area (Å²) in [5.74, 6) is 0.217. The van der Waals surface area contributed by atoms with Gasteiger partial charge in [-0.3, -0.25) is 4.79 Å². The van der Waals surface area contributed by atoms with E-state index in [0.29, 0.717) is 11.6 Å². The van der Waals surface area contributed by atoms with Gasteiger partial charge in [0.05, 0.1) is 6.21 Å². The number of carbonyl (C=O) groups excluding carboxylic acids is 1. The van der Waals surface area contributed by atoms with E-state index in [1.165, 1.54) is 5.56 Å². The lowest BCUT2D eigenvalue weighted by atomic mass is 10.0. The molecule has 4 heteroatoms. The van der Waals surface area contributed by atoms with Crippen molar-refractivity contribution in [1.29, 1.82) is 0 Å². The highest BCUT2D eigenvalue weighted by Crippen LogP contribution is 2.32. The predicted molar refractivity (Wildman–Crippen MR) is 119 cm³/mol. The second kappa shape index (κ2) is 8.15. The van der Waals surface area contributed by atoms with Crippen LogP contribution in [0.3, 0.4) is 0 Å². The molecule has 29 heavy (non-hydrogen) atoms. The van der Waals surface area contributed by atoms with E-state index in [1.54, 1.807) is 6.21 Å². The summed E-state index contributed by atoms with van der Waals surface area (Å²) >= 11 is 0. The van der Waals surface area contributed by atoms with Crippen LogP contribution < -0.4 is 5.43 Å². The number of fused-ring (bicyclic) bond motifs is 1. The molecule has 0 fully saturated rings. The quantitative estimate of drug-likeness (QED) is 0.337. The highest BCUT2D eigenvalue weighted by atomic mass is 16.2. The predicted octanol–water partition coefficient (Wildman–Crippen LogP) is 5.72. The number of benzene rings is 3. The molecule has 0 spiro atoms. The summed E-state index contributed by atoms with van der Waals surface area (Å²) in [7, 11) is 0. The van der Waals surface area contributed by atoms with Gasteiger partial charge >= 0.3 is 0 Å². The Morgan fingerprint density at radius 3 is 2.34 bits per heavy atom. The van der Waals surface area contributed by atoms with Crippen LogP contribution >= 0.6 is 0 Å². The lowest BCUT2D eigenvalue weighted by Crippen LogP contribution is -2.18. The van der Waals surface area contributed by atoms with Gasteiger partial charge < -0.3 is 4.98 Å². The zero-order valence-corrected chi connectivity index (χ0v) is 16.5. The van der Waals surface area contributed by atoms with Crippen molar-refractivity contribution < 1.29 is 4.79 Å². The Labute approximate surface area is 170 Å². The van der Waals surface area contributed by atoms with Gasteiger partial charge in [-0.25, -0.2) is 5.43 Å². The SMILES string of the molecule is CC(C)c1ccc(/C=N\NC(=O)c2[nH]c3ccccc3c2-c2ccccc2)cc1. The zero-order valence-electron chi connectivity index (χ0n) is 16.5. The first-order valence-corrected chi connectivity index (χ1v) is 9.73. The third-order valence-corrected chi connectivity index (χ3v) is 4.98. The fourth-order valence-corrected chi connectivity index (χ4v) is 3.41. The Morgan fingerprint density at radius 1 is 0.931 bits per heavy atom. The van der Waals surface area contributed by atoms with Gasteiger partial charge in [0, 0.05) is 16.5 Å². The number of amides is 1. The van der Waals surface area contributed by atoms with E-state index in [9.17, 15) is 4.79 Å². The Morgan fingerprint density at radius 2 is 1.62 bits per heavy atom. The monoisotopic (exact) mass is 381 g/mol. The number of nitrogens with one attached hydrogen (secondary N) is 2. The summed E-state index contributed by atoms with van der Waals surface area (Å²) in [5.41, 5.74) is 8.17. The van der Waals surface area contributed by atoms with Crippen molar-refractivity contribution in [3.8, 4) is 11.1 Å². The third-order valence-electron chi connectivity index (χ3n) is 4.98. The minimum absolute atomic E-state index is 0.268. The number of nitrogens with zero attached hydrogens (tertiary/aromatic N) is 1. The summed E-state index contributed by atoms with van der Waals surface area (Å²) in [6.45, 7) is 4.32. The van der Waals surface area contributed by atoms with Gasteiger partial charge in [0.1, 0.15) is 5.69 Å². The lowest BCUT2D eigenvalue weighted by molar-refractivity contribution is 0.0951. The molecule has 0 unspecified atom stereocenters. The highest BCUT2D eigenvalue weighted by Gasteiger charge is 2.18. The van der Waals surface area contributed by atoms with E-state index in [4.69, 9.17) is 0 Å². The molecule has 0 aliphatic heterocycles. The average Bonchev–Trinajstić information content (AvgIpc) is 3.14. The molecule has 0 bridgehead atoms. The van der Waals surface area contributed by atoms with Crippen LogP contribution in [-0.4, -0.2) is 17.1 Å². The fourth-order valence-electron chi connectivity index (χ4n) is 3.41. The summed E-state index contributed by atoms with van der Waals surface area (Å²) in [5, 5.41) is 5.16. The molecule has 1 amide bonds. The molecule has 1 aromatic heterocycles. The topological polar surface area (TPSA) is 57.2 Å². The lowest BCUT2D eigenvalue weighted by Gasteiger charge is -2.05. The van der Waals surface area contributed by atoms with Crippen LogP contribution in [0.1, 0.15) is 41.4 Å². The van der Waals surface area contributed by atoms with Crippen LogP contribution in [0.15, 0.2) is 84.0 Å². The van der Waals surface area contributed by atoms with Gasteiger partial charge in [0.2, 0.25) is 0 Å². The maximum absolute atomic E-state index is 12.9. The van der Waals surface area contributed by atoms with Crippen LogP contribution in [0.2, 0.25) is 0 Å². The molecule has 1 heterocycles. The Hall–Kier alpha value is -3.66. The van der Waals surface area contributed by atoms with E-state index in [2.05, 4.69) is 41.5 Å². The molecule has 0 radical (unpaired) electrons. The molecular formula is C25H23N3O. The number of hydrazone groups is 1. The maximum Gasteiger partial charge on any atom is 0.288 e. The van der Waals surface area contributed by atoms with Crippen molar-refractivity contribution in [2.24, 2.45) is 5.10 Å². The second-order valence-corrected chi connectivity index (χ2v) is 7.31. The Kier molecular flexibility index (Phi) is 5.25. The normalized spacial score (nSPS) is 11.4. The number of aromatic nitrogens is 1. The first-order valence-electron chi connectivity index (χ1n) is 9.73. The minimum Gasteiger partial charge on any atom is -0.350 e. The molecule has 0 atom stereocenters. The molecule has 4 nitrogen and oxygen atoms in total. The van der Waals surface area contributed by atoms with Crippen LogP contribution in [0.5, 0.6) is 0 Å². The number of para-hydroxylation sites is 1. The second-order valence-electron chi connectivity index (χ2n) is 7.31. The van der Waals surface area contributed by atoms with E-state index in [-0.39, 0.29) is 5.91 Å². The van der Waals surface area contributed by atoms with Crippen molar-refractivity contribution >= 4 is 23.0 Å². The number of aromatic amines is 1. The molecule has 3 aromatic carbocycles. The highest BCUT2D eigenvalue weighted by molar-refractivity contribution is 6.09. The van der Waals surface area contributed by atoms with Crippen molar-refractivity contribution in [2.75, 3.05) is 0 Å². The van der Waals surface area contributed by atoms with Crippen LogP contribution in [0, 0.1) is 0 Å². The van der Waals surface area contributed by atoms with E-state index in [0.717, 1.165) is 27.6 Å². The zero-order chi connectivity index (χ0) is 20.2. The largest absolute Gasteiger partial charge is 0.350 e. The minimum atomic E-state index is -0.268. The van der Waals surface area contributed by atoms with Gasteiger partial charge in [0.25, 0.3) is 5.91 Å². The number of H-pyrrole nitrogens is 1. The molecule has 4 aromatic rings. The van der Waals surface area contributed by atoms with Crippen LogP contribution in [0.4, 0.5) is 0 Å². The first-order chi connectivity index (χ1) is 14.1. The molecule has 0 saturated carbocycles. The summed E-state index contributed by atoms with van der Waals surface area (Å²) in [4.78, 5) is 16.1. The molecule has 0 saturated heterocycles. The van der Waals surface area contributed by atoms with Gasteiger partial charge in [-0.15, -0.1) is 0 Å². The average molecular weight is 381 g/mol. The molecule has 4 rings (SSSR count). The van der Waals surface area contributed by atoms with Crippen molar-refractivity contribution in [3.63, 3.8) is 0 Å². The summed E-state index contributed by atoms with van der Waals surface area (Å²) in [6.07, 6.45) is 1.66. The number of rotatable bonds is 5. The summed E-state index contributed by atoms with van der Waals surface area (Å²) < 4.78 is 0. The maximum atomic E-state index is 12.9. The van der Waals surface area contributed by atoms with Gasteiger partial charge in [0.15, 0.2) is 0 Å². The molecule has 144 valence electrons. The Balaban J connectivity index is 1.60. The van der Waals surface area contributed by atoms with Gasteiger partial charge in [-0.1, -0.05) is 86.6 Å². The molecular weight excluding hydrogens is 358 g/mol. The number of hydrogen-bond donors (Lipinski definition) is 2. The molecule has 2 N–H and O–H groups in total. The van der Waals surface area contributed by atoms with E-state index >= 15 is 0 Å². The van der Waals surface area contributed by atoms with Crippen LogP contribution in [0.25, 0.3) is 22.0 Å². The first kappa shape index (κ1) is 18.7. The standard InChI is InChI=1S/C25H23N3O/c1-17(2)19-14-12-18(13-15-19)16-26-28-25(29)24-23(20-8-4-3-5-9-20)21-10-6-7-11-22(21)27-24/h3-17,27H,1-2H3,(H,28,29)/b26-16-. The summed E-state index contributed by atoms with van der Waals surface area (Å²) in [6, 6.07) is 26.0. The smallest absolute Gasteiger partial charge is 0.288 e.